The van der Waals surface area contributed by atoms with Crippen LogP contribution in [0.4, 0.5) is 5.13 Å². The molecule has 0 unspecified atom stereocenters. The fourth-order valence-corrected chi connectivity index (χ4v) is 3.85. The number of aryl methyl sites for hydroxylation is 2. The summed E-state index contributed by atoms with van der Waals surface area (Å²) in [6, 6.07) is 2.19. The first-order valence-corrected chi connectivity index (χ1v) is 9.89. The molecule has 1 N–H and O–H groups in total. The largest absolute Gasteiger partial charge is 0.300 e. The number of hydrogen-bond donors (Lipinski definition) is 1. The second kappa shape index (κ2) is 8.92. The highest BCUT2D eigenvalue weighted by Crippen LogP contribution is 2.26. The third-order valence-electron chi connectivity index (χ3n) is 3.87. The summed E-state index contributed by atoms with van der Waals surface area (Å²) in [5.41, 5.74) is 3.35. The molecule has 2 rings (SSSR count). The number of amides is 1. The van der Waals surface area contributed by atoms with Gasteiger partial charge in [0.05, 0.1) is 11.3 Å². The number of anilines is 1. The van der Waals surface area contributed by atoms with Crippen molar-refractivity contribution in [2.45, 2.75) is 52.0 Å². The number of nitrogens with zero attached hydrogens (tertiary/aromatic N) is 4. The van der Waals surface area contributed by atoms with Crippen molar-refractivity contribution in [2.75, 3.05) is 11.1 Å². The van der Waals surface area contributed by atoms with Crippen molar-refractivity contribution in [1.82, 2.24) is 15.2 Å². The van der Waals surface area contributed by atoms with Crippen LogP contribution >= 0.6 is 23.1 Å². The van der Waals surface area contributed by atoms with Crippen molar-refractivity contribution in [2.24, 2.45) is 0 Å². The fraction of sp³-hybridized carbons (Fsp3) is 0.471. The van der Waals surface area contributed by atoms with Crippen molar-refractivity contribution >= 4 is 34.1 Å². The topological polar surface area (TPSA) is 91.6 Å². The Bertz CT molecular complexity index is 810. The minimum Gasteiger partial charge on any atom is -0.300 e. The van der Waals surface area contributed by atoms with Crippen LogP contribution in [-0.2, 0) is 11.2 Å². The lowest BCUT2D eigenvalue weighted by Crippen LogP contribution is -2.14. The lowest BCUT2D eigenvalue weighted by atomic mass is 10.1. The molecule has 0 bridgehead atoms. The summed E-state index contributed by atoms with van der Waals surface area (Å²) in [6.45, 7) is 7.89. The number of hydrogen-bond acceptors (Lipinski definition) is 7. The van der Waals surface area contributed by atoms with Gasteiger partial charge in [-0.05, 0) is 38.3 Å². The van der Waals surface area contributed by atoms with Gasteiger partial charge in [0.1, 0.15) is 16.1 Å². The van der Waals surface area contributed by atoms with E-state index in [2.05, 4.69) is 33.5 Å². The molecule has 25 heavy (non-hydrogen) atoms. The molecule has 6 nitrogen and oxygen atoms in total. The first-order valence-electron chi connectivity index (χ1n) is 8.09. The molecule has 2 aromatic heterocycles. The summed E-state index contributed by atoms with van der Waals surface area (Å²) in [5.74, 6) is -0.00204. The summed E-state index contributed by atoms with van der Waals surface area (Å²) >= 11 is 2.67. The number of carbonyl (C=O) groups excluding carboxylic acids is 1. The minimum absolute atomic E-state index is 0.174. The highest BCUT2D eigenvalue weighted by atomic mass is 32.2. The summed E-state index contributed by atoms with van der Waals surface area (Å²) in [7, 11) is 0. The number of rotatable bonds is 7. The van der Waals surface area contributed by atoms with E-state index in [1.54, 1.807) is 0 Å². The van der Waals surface area contributed by atoms with Gasteiger partial charge >= 0.3 is 0 Å². The van der Waals surface area contributed by atoms with Crippen LogP contribution in [0, 0.1) is 32.1 Å². The van der Waals surface area contributed by atoms with Gasteiger partial charge in [-0.3, -0.25) is 10.1 Å². The van der Waals surface area contributed by atoms with Crippen LogP contribution in [0.15, 0.2) is 5.03 Å². The van der Waals surface area contributed by atoms with Gasteiger partial charge in [0.15, 0.2) is 0 Å². The zero-order valence-corrected chi connectivity index (χ0v) is 16.5. The fourth-order valence-electron chi connectivity index (χ4n) is 2.17. The molecule has 0 atom stereocenters. The van der Waals surface area contributed by atoms with Crippen molar-refractivity contribution < 1.29 is 4.79 Å². The van der Waals surface area contributed by atoms with E-state index in [4.69, 9.17) is 0 Å². The molecule has 0 aliphatic carbocycles. The van der Waals surface area contributed by atoms with Gasteiger partial charge in [0.25, 0.3) is 0 Å². The molecule has 0 saturated heterocycles. The maximum absolute atomic E-state index is 12.1. The Balaban J connectivity index is 1.99. The zero-order chi connectivity index (χ0) is 18.4. The van der Waals surface area contributed by atoms with E-state index < -0.39 is 0 Å². The molecule has 8 heteroatoms. The van der Waals surface area contributed by atoms with Crippen LogP contribution in [0.2, 0.25) is 0 Å². The van der Waals surface area contributed by atoms with Crippen LogP contribution in [0.3, 0.4) is 0 Å². The van der Waals surface area contributed by atoms with E-state index in [9.17, 15) is 10.1 Å². The zero-order valence-electron chi connectivity index (χ0n) is 14.8. The van der Waals surface area contributed by atoms with Gasteiger partial charge in [0, 0.05) is 12.1 Å². The van der Waals surface area contributed by atoms with Crippen LogP contribution in [-0.4, -0.2) is 26.8 Å². The van der Waals surface area contributed by atoms with Gasteiger partial charge in [0.2, 0.25) is 11.0 Å². The molecule has 0 aliphatic rings. The Morgan fingerprint density at radius 1 is 1.28 bits per heavy atom. The lowest BCUT2D eigenvalue weighted by molar-refractivity contribution is -0.113. The predicted octanol–water partition coefficient (Wildman–Crippen LogP) is 3.80. The predicted molar refractivity (Wildman–Crippen MR) is 101 cm³/mol. The van der Waals surface area contributed by atoms with Gasteiger partial charge in [-0.1, -0.05) is 36.4 Å². The van der Waals surface area contributed by atoms with Crippen molar-refractivity contribution in [1.29, 1.82) is 5.26 Å². The second-order valence-corrected chi connectivity index (χ2v) is 7.71. The molecule has 1 amide bonds. The molecule has 0 spiro atoms. The minimum atomic E-state index is -0.176. The Hall–Kier alpha value is -1.98. The van der Waals surface area contributed by atoms with Crippen molar-refractivity contribution in [3.05, 3.63) is 27.4 Å². The number of nitriles is 1. The normalized spacial score (nSPS) is 10.5. The number of pyridine rings is 1. The molecular weight excluding hydrogens is 354 g/mol. The van der Waals surface area contributed by atoms with Gasteiger partial charge in [-0.15, -0.1) is 10.2 Å². The highest BCUT2D eigenvalue weighted by Gasteiger charge is 2.15. The number of nitrogens with one attached hydrogen (secondary N) is 1. The average Bonchev–Trinajstić information content (AvgIpc) is 3.03. The number of aromatic nitrogens is 3. The molecule has 2 heterocycles. The SMILES string of the molecule is CCCCc1nnc(NC(=O)CSc2nc(C)c(C)c(C)c2C#N)s1. The quantitative estimate of drug-likeness (QED) is 0.740. The highest BCUT2D eigenvalue weighted by molar-refractivity contribution is 8.00. The molecule has 0 radical (unpaired) electrons. The molecule has 2 aromatic rings. The molecular formula is C17H21N5OS2. The summed E-state index contributed by atoms with van der Waals surface area (Å²) < 4.78 is 0. The van der Waals surface area contributed by atoms with Gasteiger partial charge in [-0.2, -0.15) is 5.26 Å². The maximum atomic E-state index is 12.1. The van der Waals surface area contributed by atoms with E-state index in [-0.39, 0.29) is 11.7 Å². The van der Waals surface area contributed by atoms with E-state index in [0.717, 1.165) is 41.1 Å². The van der Waals surface area contributed by atoms with E-state index >= 15 is 0 Å². The molecule has 0 aromatic carbocycles. The molecule has 132 valence electrons. The monoisotopic (exact) mass is 375 g/mol. The van der Waals surface area contributed by atoms with Crippen LogP contribution < -0.4 is 5.32 Å². The third-order valence-corrected chi connectivity index (χ3v) is 5.75. The van der Waals surface area contributed by atoms with Gasteiger partial charge < -0.3 is 0 Å². The lowest BCUT2D eigenvalue weighted by Gasteiger charge is -2.10. The first kappa shape index (κ1) is 19.3. The second-order valence-electron chi connectivity index (χ2n) is 5.68. The average molecular weight is 376 g/mol. The Morgan fingerprint density at radius 2 is 2.04 bits per heavy atom. The number of thioether (sulfide) groups is 1. The van der Waals surface area contributed by atoms with Crippen molar-refractivity contribution in [3.63, 3.8) is 0 Å². The number of unbranched alkanes of at least 4 members (excludes halogenated alkanes) is 1. The van der Waals surface area contributed by atoms with Crippen LogP contribution in [0.5, 0.6) is 0 Å². The molecule has 0 saturated carbocycles. The standard InChI is InChI=1S/C17H21N5OS2/c1-5-6-7-15-21-22-17(25-15)20-14(23)9-24-16-13(8-18)11(3)10(2)12(4)19-16/h5-7,9H2,1-4H3,(H,20,22,23). The Kier molecular flexibility index (Phi) is 6.91. The maximum Gasteiger partial charge on any atom is 0.236 e. The first-order chi connectivity index (χ1) is 12.0. The Morgan fingerprint density at radius 3 is 2.72 bits per heavy atom. The summed E-state index contributed by atoms with van der Waals surface area (Å²) in [5, 5.41) is 22.2. The summed E-state index contributed by atoms with van der Waals surface area (Å²) in [6.07, 6.45) is 3.05. The van der Waals surface area contributed by atoms with Crippen LogP contribution in [0.1, 0.15) is 47.2 Å². The Labute approximate surface area is 156 Å². The molecule has 0 aliphatic heterocycles. The number of carbonyl (C=O) groups is 1. The third kappa shape index (κ3) is 5.00. The van der Waals surface area contributed by atoms with E-state index in [0.29, 0.717) is 15.7 Å². The smallest absolute Gasteiger partial charge is 0.236 e. The van der Waals surface area contributed by atoms with E-state index in [1.807, 2.05) is 20.8 Å². The van der Waals surface area contributed by atoms with E-state index in [1.165, 1.54) is 23.1 Å². The summed E-state index contributed by atoms with van der Waals surface area (Å²) in [4.78, 5) is 16.6. The molecule has 0 fully saturated rings. The van der Waals surface area contributed by atoms with Gasteiger partial charge in [-0.25, -0.2) is 4.98 Å². The van der Waals surface area contributed by atoms with Crippen LogP contribution in [0.25, 0.3) is 0 Å². The van der Waals surface area contributed by atoms with Crippen molar-refractivity contribution in [3.8, 4) is 6.07 Å².